The van der Waals surface area contributed by atoms with Crippen molar-refractivity contribution in [3.63, 3.8) is 0 Å². The molecule has 1 N–H and O–H groups in total. The van der Waals surface area contributed by atoms with Gasteiger partial charge in [-0.05, 0) is 36.8 Å². The van der Waals surface area contributed by atoms with Crippen molar-refractivity contribution in [1.29, 1.82) is 0 Å². The molecule has 0 saturated carbocycles. The highest BCUT2D eigenvalue weighted by Crippen LogP contribution is 2.19. The number of methoxy groups -OCH3 is 1. The molecule has 0 bridgehead atoms. The van der Waals surface area contributed by atoms with Gasteiger partial charge in [0.15, 0.2) is 0 Å². The highest BCUT2D eigenvalue weighted by Gasteiger charge is 2.21. The summed E-state index contributed by atoms with van der Waals surface area (Å²) in [5.74, 6) is 0.829. The first-order chi connectivity index (χ1) is 14.7. The number of rotatable bonds is 9. The van der Waals surface area contributed by atoms with Crippen LogP contribution in [0.2, 0.25) is 0 Å². The van der Waals surface area contributed by atoms with Crippen LogP contribution in [0.1, 0.15) is 17.0 Å². The van der Waals surface area contributed by atoms with Gasteiger partial charge in [0.1, 0.15) is 5.75 Å². The maximum Gasteiger partial charge on any atom is 0.246 e. The number of amides is 1. The van der Waals surface area contributed by atoms with E-state index in [0.29, 0.717) is 11.6 Å². The topological polar surface area (TPSA) is 115 Å². The van der Waals surface area contributed by atoms with Gasteiger partial charge < -0.3 is 14.6 Å². The van der Waals surface area contributed by atoms with E-state index in [4.69, 9.17) is 9.26 Å². The van der Waals surface area contributed by atoms with E-state index in [1.165, 1.54) is 0 Å². The first-order valence-electron chi connectivity index (χ1n) is 9.49. The fourth-order valence-electron chi connectivity index (χ4n) is 2.76. The van der Waals surface area contributed by atoms with Gasteiger partial charge in [0.05, 0.1) is 26.5 Å². The third kappa shape index (κ3) is 6.37. The summed E-state index contributed by atoms with van der Waals surface area (Å²) in [6, 6.07) is 14.6. The molecule has 0 unspecified atom stereocenters. The fraction of sp³-hybridized carbons (Fsp3) is 0.286. The minimum Gasteiger partial charge on any atom is -0.497 e. The number of nitrogens with zero attached hydrogens (tertiary/aromatic N) is 3. The molecular formula is C21H24N4O5S. The van der Waals surface area contributed by atoms with Crippen LogP contribution >= 0.6 is 0 Å². The molecule has 0 aliphatic heterocycles. The van der Waals surface area contributed by atoms with E-state index in [2.05, 4.69) is 15.5 Å². The van der Waals surface area contributed by atoms with Gasteiger partial charge in [0, 0.05) is 12.1 Å². The number of carbonyl (C=O) groups is 1. The van der Waals surface area contributed by atoms with Crippen LogP contribution in [0, 0.1) is 6.92 Å². The molecule has 3 aromatic rings. The van der Waals surface area contributed by atoms with Gasteiger partial charge in [-0.1, -0.05) is 35.0 Å². The lowest BCUT2D eigenvalue weighted by atomic mass is 10.1. The second-order valence-corrected chi connectivity index (χ2v) is 9.02. The first kappa shape index (κ1) is 22.4. The van der Waals surface area contributed by atoms with E-state index in [0.717, 1.165) is 27.3 Å². The molecule has 3 rings (SSSR count). The largest absolute Gasteiger partial charge is 0.497 e. The fourth-order valence-corrected chi connectivity index (χ4v) is 3.50. The summed E-state index contributed by atoms with van der Waals surface area (Å²) in [6.45, 7) is 1.73. The van der Waals surface area contributed by atoms with E-state index in [1.54, 1.807) is 31.4 Å². The Balaban J connectivity index is 1.58. The highest BCUT2D eigenvalue weighted by atomic mass is 32.2. The third-order valence-corrected chi connectivity index (χ3v) is 5.72. The van der Waals surface area contributed by atoms with Crippen molar-refractivity contribution in [2.24, 2.45) is 0 Å². The number of sulfonamides is 1. The minimum atomic E-state index is -3.58. The number of nitrogens with one attached hydrogen (secondary N) is 1. The maximum atomic E-state index is 12.3. The highest BCUT2D eigenvalue weighted by molar-refractivity contribution is 7.88. The van der Waals surface area contributed by atoms with Crippen LogP contribution in [-0.4, -0.2) is 48.7 Å². The standard InChI is InChI=1S/C21H24N4O5S/c1-15-4-6-16(7-5-15)13-25(31(3,27)28)14-19(26)22-12-20-23-21(24-30-20)17-8-10-18(29-2)11-9-17/h4-11H,12-14H2,1-3H3,(H,22,26). The second-order valence-electron chi connectivity index (χ2n) is 7.03. The lowest BCUT2D eigenvalue weighted by Gasteiger charge is -2.19. The van der Waals surface area contributed by atoms with Crippen molar-refractivity contribution in [3.8, 4) is 17.1 Å². The molecular weight excluding hydrogens is 420 g/mol. The Morgan fingerprint density at radius 3 is 2.42 bits per heavy atom. The predicted molar refractivity (Wildman–Crippen MR) is 115 cm³/mol. The van der Waals surface area contributed by atoms with Gasteiger partial charge in [-0.25, -0.2) is 8.42 Å². The van der Waals surface area contributed by atoms with Crippen molar-refractivity contribution in [3.05, 3.63) is 65.5 Å². The quantitative estimate of drug-likeness (QED) is 0.538. The van der Waals surface area contributed by atoms with E-state index in [1.807, 2.05) is 31.2 Å². The molecule has 1 heterocycles. The van der Waals surface area contributed by atoms with Crippen LogP contribution in [0.25, 0.3) is 11.4 Å². The number of aromatic nitrogens is 2. The van der Waals surface area contributed by atoms with Crippen LogP contribution in [0.5, 0.6) is 5.75 Å². The average Bonchev–Trinajstić information content (AvgIpc) is 3.22. The Hall–Kier alpha value is -3.24. The van der Waals surface area contributed by atoms with E-state index >= 15 is 0 Å². The smallest absolute Gasteiger partial charge is 0.246 e. The Labute approximate surface area is 181 Å². The molecule has 0 saturated heterocycles. The zero-order valence-electron chi connectivity index (χ0n) is 17.5. The molecule has 0 aliphatic rings. The maximum absolute atomic E-state index is 12.3. The van der Waals surface area contributed by atoms with Crippen molar-refractivity contribution in [1.82, 2.24) is 19.8 Å². The summed E-state index contributed by atoms with van der Waals surface area (Å²) in [6.07, 6.45) is 1.08. The van der Waals surface area contributed by atoms with E-state index in [9.17, 15) is 13.2 Å². The lowest BCUT2D eigenvalue weighted by molar-refractivity contribution is -0.121. The van der Waals surface area contributed by atoms with Gasteiger partial charge in [0.25, 0.3) is 0 Å². The molecule has 31 heavy (non-hydrogen) atoms. The molecule has 10 heteroatoms. The normalized spacial score (nSPS) is 11.5. The number of ether oxygens (including phenoxy) is 1. The van der Waals surface area contributed by atoms with Gasteiger partial charge in [-0.2, -0.15) is 9.29 Å². The summed E-state index contributed by atoms with van der Waals surface area (Å²) in [5.41, 5.74) is 2.61. The molecule has 164 valence electrons. The molecule has 2 aromatic carbocycles. The first-order valence-corrected chi connectivity index (χ1v) is 11.3. The Bertz CT molecular complexity index is 1130. The Morgan fingerprint density at radius 2 is 1.81 bits per heavy atom. The Kier molecular flexibility index (Phi) is 7.03. The predicted octanol–water partition coefficient (Wildman–Crippen LogP) is 2.13. The molecule has 0 atom stereocenters. The van der Waals surface area contributed by atoms with Crippen LogP contribution in [0.15, 0.2) is 53.1 Å². The average molecular weight is 445 g/mol. The van der Waals surface area contributed by atoms with Crippen molar-refractivity contribution >= 4 is 15.9 Å². The van der Waals surface area contributed by atoms with Crippen LogP contribution in [-0.2, 0) is 27.9 Å². The van der Waals surface area contributed by atoms with E-state index in [-0.39, 0.29) is 25.5 Å². The molecule has 0 spiro atoms. The van der Waals surface area contributed by atoms with Crippen molar-refractivity contribution in [2.45, 2.75) is 20.0 Å². The SMILES string of the molecule is COc1ccc(-c2noc(CNC(=O)CN(Cc3ccc(C)cc3)S(C)(=O)=O)n2)cc1. The zero-order chi connectivity index (χ0) is 22.4. The minimum absolute atomic E-state index is 0.00980. The Morgan fingerprint density at radius 1 is 1.13 bits per heavy atom. The number of hydrogen-bond acceptors (Lipinski definition) is 7. The lowest BCUT2D eigenvalue weighted by Crippen LogP contribution is -2.39. The number of carbonyl (C=O) groups excluding carboxylic acids is 1. The van der Waals surface area contributed by atoms with Crippen molar-refractivity contribution in [2.75, 3.05) is 19.9 Å². The molecule has 0 fully saturated rings. The molecule has 1 aromatic heterocycles. The zero-order valence-corrected chi connectivity index (χ0v) is 18.3. The summed E-state index contributed by atoms with van der Waals surface area (Å²) < 4.78 is 35.6. The van der Waals surface area contributed by atoms with Crippen molar-refractivity contribution < 1.29 is 22.5 Å². The molecule has 1 amide bonds. The van der Waals surface area contributed by atoms with E-state index < -0.39 is 15.9 Å². The summed E-state index contributed by atoms with van der Waals surface area (Å²) in [7, 11) is -2.00. The number of aryl methyl sites for hydroxylation is 1. The summed E-state index contributed by atoms with van der Waals surface area (Å²) >= 11 is 0. The van der Waals surface area contributed by atoms with Gasteiger partial charge in [0.2, 0.25) is 27.6 Å². The molecule has 0 radical (unpaired) electrons. The monoisotopic (exact) mass is 444 g/mol. The molecule has 9 nitrogen and oxygen atoms in total. The molecule has 0 aliphatic carbocycles. The second kappa shape index (κ2) is 9.71. The van der Waals surface area contributed by atoms with Gasteiger partial charge >= 0.3 is 0 Å². The van der Waals surface area contributed by atoms with Crippen LogP contribution < -0.4 is 10.1 Å². The van der Waals surface area contributed by atoms with Gasteiger partial charge in [-0.3, -0.25) is 4.79 Å². The third-order valence-electron chi connectivity index (χ3n) is 4.52. The summed E-state index contributed by atoms with van der Waals surface area (Å²) in [5, 5.41) is 6.52. The van der Waals surface area contributed by atoms with Crippen LogP contribution in [0.4, 0.5) is 0 Å². The van der Waals surface area contributed by atoms with Crippen LogP contribution in [0.3, 0.4) is 0 Å². The number of benzene rings is 2. The number of hydrogen-bond donors (Lipinski definition) is 1. The van der Waals surface area contributed by atoms with Gasteiger partial charge in [-0.15, -0.1) is 0 Å². The summed E-state index contributed by atoms with van der Waals surface area (Å²) in [4.78, 5) is 16.6.